The molecule has 1 saturated carbocycles. The van der Waals surface area contributed by atoms with E-state index in [4.69, 9.17) is 0 Å². The lowest BCUT2D eigenvalue weighted by atomic mass is 10.0. The molecule has 2 aromatic rings. The molecule has 1 fully saturated rings. The predicted octanol–water partition coefficient (Wildman–Crippen LogP) is 4.39. The zero-order chi connectivity index (χ0) is 20.1. The second-order valence-corrected chi connectivity index (χ2v) is 8.62. The first kappa shape index (κ1) is 20.4. The number of carbonyl (C=O) groups excluding carboxylic acids is 1. The Morgan fingerprint density at radius 3 is 2.64 bits per heavy atom. The Balaban J connectivity index is 1.73. The van der Waals surface area contributed by atoms with Crippen molar-refractivity contribution >= 4 is 17.7 Å². The number of carbonyl (C=O) groups is 1. The molecule has 7 heteroatoms. The van der Waals surface area contributed by atoms with Gasteiger partial charge in [0, 0.05) is 6.54 Å². The Hall–Kier alpha value is -2.33. The van der Waals surface area contributed by atoms with Gasteiger partial charge in [-0.3, -0.25) is 4.79 Å². The predicted molar refractivity (Wildman–Crippen MR) is 108 cm³/mol. The quantitative estimate of drug-likeness (QED) is 0.700. The van der Waals surface area contributed by atoms with Crippen molar-refractivity contribution < 1.29 is 9.18 Å². The number of imidazole rings is 1. The van der Waals surface area contributed by atoms with Gasteiger partial charge in [-0.1, -0.05) is 25.6 Å². The fourth-order valence-electron chi connectivity index (χ4n) is 3.54. The van der Waals surface area contributed by atoms with E-state index in [2.05, 4.69) is 34.8 Å². The second kappa shape index (κ2) is 8.78. The molecule has 5 nitrogen and oxygen atoms in total. The molecule has 0 atom stereocenters. The van der Waals surface area contributed by atoms with Crippen LogP contribution in [0.5, 0.6) is 0 Å². The summed E-state index contributed by atoms with van der Waals surface area (Å²) in [5, 5.41) is 13.1. The minimum Gasteiger partial charge on any atom is -0.337 e. The summed E-state index contributed by atoms with van der Waals surface area (Å²) in [6, 6.07) is 8.63. The molecule has 0 saturated heterocycles. The first-order valence-electron chi connectivity index (χ1n) is 9.59. The Kier molecular flexibility index (Phi) is 6.40. The number of thioether (sulfide) groups is 1. The highest BCUT2D eigenvalue weighted by molar-refractivity contribution is 7.99. The van der Waals surface area contributed by atoms with Gasteiger partial charge in [-0.25, -0.2) is 9.37 Å². The lowest BCUT2D eigenvalue weighted by molar-refractivity contribution is -0.119. The van der Waals surface area contributed by atoms with E-state index in [9.17, 15) is 14.4 Å². The van der Waals surface area contributed by atoms with Crippen molar-refractivity contribution in [2.45, 2.75) is 56.8 Å². The van der Waals surface area contributed by atoms with E-state index in [1.807, 2.05) is 0 Å². The molecule has 1 aromatic carbocycles. The van der Waals surface area contributed by atoms with Crippen LogP contribution in [-0.2, 0) is 11.3 Å². The summed E-state index contributed by atoms with van der Waals surface area (Å²) >= 11 is 1.36. The van der Waals surface area contributed by atoms with Gasteiger partial charge < -0.3 is 9.88 Å². The highest BCUT2D eigenvalue weighted by Crippen LogP contribution is 2.30. The number of amides is 1. The molecule has 28 heavy (non-hydrogen) atoms. The van der Waals surface area contributed by atoms with E-state index in [-0.39, 0.29) is 17.5 Å². The minimum absolute atomic E-state index is 0.143. The van der Waals surface area contributed by atoms with Gasteiger partial charge in [0.25, 0.3) is 0 Å². The zero-order valence-corrected chi connectivity index (χ0v) is 17.1. The summed E-state index contributed by atoms with van der Waals surface area (Å²) in [7, 11) is 0. The molecule has 1 aromatic heterocycles. The maximum absolute atomic E-state index is 13.3. The molecule has 0 spiro atoms. The molecule has 1 aliphatic carbocycles. The number of nitriles is 1. The molecule has 0 aliphatic heterocycles. The van der Waals surface area contributed by atoms with Crippen LogP contribution in [-0.4, -0.2) is 26.8 Å². The Bertz CT molecular complexity index is 864. The number of halogens is 1. The smallest absolute Gasteiger partial charge is 0.231 e. The van der Waals surface area contributed by atoms with Crippen molar-refractivity contribution in [2.24, 2.45) is 5.92 Å². The van der Waals surface area contributed by atoms with Gasteiger partial charge in [-0.15, -0.1) is 0 Å². The number of nitrogens with zero attached hydrogens (tertiary/aromatic N) is 3. The van der Waals surface area contributed by atoms with Crippen LogP contribution in [0.25, 0.3) is 11.3 Å². The van der Waals surface area contributed by atoms with Crippen LogP contribution in [0.4, 0.5) is 4.39 Å². The zero-order valence-electron chi connectivity index (χ0n) is 16.2. The number of hydrogen-bond donors (Lipinski definition) is 1. The molecule has 148 valence electrons. The summed E-state index contributed by atoms with van der Waals surface area (Å²) in [6.45, 7) is 4.98. The van der Waals surface area contributed by atoms with E-state index >= 15 is 0 Å². The summed E-state index contributed by atoms with van der Waals surface area (Å²) in [5.41, 5.74) is 1.09. The largest absolute Gasteiger partial charge is 0.337 e. The molecule has 0 unspecified atom stereocenters. The molecule has 3 rings (SSSR count). The van der Waals surface area contributed by atoms with Gasteiger partial charge in [-0.2, -0.15) is 5.26 Å². The Morgan fingerprint density at radius 2 is 2.04 bits per heavy atom. The van der Waals surface area contributed by atoms with Gasteiger partial charge in [0.2, 0.25) is 5.91 Å². The molecular formula is C21H25FN4OS. The lowest BCUT2D eigenvalue weighted by Gasteiger charge is -2.21. The van der Waals surface area contributed by atoms with Crippen molar-refractivity contribution in [1.82, 2.24) is 14.9 Å². The number of benzene rings is 1. The van der Waals surface area contributed by atoms with Crippen LogP contribution in [0.2, 0.25) is 0 Å². The molecular weight excluding hydrogens is 375 g/mol. The van der Waals surface area contributed by atoms with Crippen molar-refractivity contribution in [3.63, 3.8) is 0 Å². The Labute approximate surface area is 169 Å². The molecule has 0 radical (unpaired) electrons. The fourth-order valence-corrected chi connectivity index (χ4v) is 4.33. The standard InChI is InChI=1S/C21H25FN4OS/c1-15(2)12-26-18(16-5-7-17(22)8-6-16)11-24-20(26)28-13-19(27)25-21(14-23)9-3-4-10-21/h5-8,11,15H,3-4,9-10,12-13H2,1-2H3,(H,25,27). The molecule has 1 amide bonds. The van der Waals surface area contributed by atoms with Gasteiger partial charge in [0.05, 0.1) is 23.7 Å². The third-order valence-electron chi connectivity index (χ3n) is 4.89. The number of hydrogen-bond acceptors (Lipinski definition) is 4. The van der Waals surface area contributed by atoms with Crippen LogP contribution in [0.3, 0.4) is 0 Å². The van der Waals surface area contributed by atoms with Gasteiger partial charge in [0.15, 0.2) is 5.16 Å². The highest BCUT2D eigenvalue weighted by atomic mass is 32.2. The summed E-state index contributed by atoms with van der Waals surface area (Å²) in [5.74, 6) is 0.183. The maximum atomic E-state index is 13.3. The van der Waals surface area contributed by atoms with Crippen LogP contribution in [0, 0.1) is 23.1 Å². The van der Waals surface area contributed by atoms with E-state index in [0.29, 0.717) is 5.92 Å². The average Bonchev–Trinajstić information content (AvgIpc) is 3.28. The Morgan fingerprint density at radius 1 is 1.36 bits per heavy atom. The fraction of sp³-hybridized carbons (Fsp3) is 0.476. The van der Waals surface area contributed by atoms with Crippen LogP contribution >= 0.6 is 11.8 Å². The molecule has 1 heterocycles. The van der Waals surface area contributed by atoms with Gasteiger partial charge >= 0.3 is 0 Å². The monoisotopic (exact) mass is 400 g/mol. The summed E-state index contributed by atoms with van der Waals surface area (Å²) in [4.78, 5) is 16.9. The second-order valence-electron chi connectivity index (χ2n) is 7.68. The summed E-state index contributed by atoms with van der Waals surface area (Å²) in [6.07, 6.45) is 5.15. The molecule has 1 aliphatic rings. The van der Waals surface area contributed by atoms with Crippen molar-refractivity contribution in [3.05, 3.63) is 36.3 Å². The first-order chi connectivity index (χ1) is 13.4. The number of nitrogens with one attached hydrogen (secondary N) is 1. The number of rotatable bonds is 7. The highest BCUT2D eigenvalue weighted by Gasteiger charge is 2.35. The first-order valence-corrected chi connectivity index (χ1v) is 10.6. The van der Waals surface area contributed by atoms with Crippen LogP contribution in [0.1, 0.15) is 39.5 Å². The average molecular weight is 401 g/mol. The SMILES string of the molecule is CC(C)Cn1c(-c2ccc(F)cc2)cnc1SCC(=O)NC1(C#N)CCCC1. The van der Waals surface area contributed by atoms with Crippen molar-refractivity contribution in [3.8, 4) is 17.3 Å². The van der Waals surface area contributed by atoms with Crippen molar-refractivity contribution in [1.29, 1.82) is 5.26 Å². The van der Waals surface area contributed by atoms with E-state index in [1.165, 1.54) is 23.9 Å². The molecule has 1 N–H and O–H groups in total. The van der Waals surface area contributed by atoms with E-state index in [1.54, 1.807) is 18.3 Å². The van der Waals surface area contributed by atoms with E-state index < -0.39 is 5.54 Å². The third-order valence-corrected chi connectivity index (χ3v) is 5.88. The summed E-state index contributed by atoms with van der Waals surface area (Å²) < 4.78 is 15.3. The maximum Gasteiger partial charge on any atom is 0.231 e. The third kappa shape index (κ3) is 4.74. The minimum atomic E-state index is -0.704. The normalized spacial score (nSPS) is 15.5. The number of aromatic nitrogens is 2. The van der Waals surface area contributed by atoms with Gasteiger partial charge in [0.1, 0.15) is 11.4 Å². The van der Waals surface area contributed by atoms with Crippen LogP contribution < -0.4 is 5.32 Å². The van der Waals surface area contributed by atoms with Gasteiger partial charge in [-0.05, 0) is 61.4 Å². The van der Waals surface area contributed by atoms with Crippen LogP contribution in [0.15, 0.2) is 35.6 Å². The lowest BCUT2D eigenvalue weighted by Crippen LogP contribution is -2.45. The topological polar surface area (TPSA) is 70.7 Å². The van der Waals surface area contributed by atoms with Crippen molar-refractivity contribution in [2.75, 3.05) is 5.75 Å². The molecule has 0 bridgehead atoms. The van der Waals surface area contributed by atoms with E-state index in [0.717, 1.165) is 48.6 Å².